The lowest BCUT2D eigenvalue weighted by molar-refractivity contribution is -0.142. The van der Waals surface area contributed by atoms with E-state index in [4.69, 9.17) is 4.74 Å². The first kappa shape index (κ1) is 17.4. The quantitative estimate of drug-likeness (QED) is 0.674. The van der Waals surface area contributed by atoms with Crippen LogP contribution < -0.4 is 5.32 Å². The summed E-state index contributed by atoms with van der Waals surface area (Å²) in [6, 6.07) is 11.9. The lowest BCUT2D eigenvalue weighted by Crippen LogP contribution is -2.20. The first-order chi connectivity index (χ1) is 11.5. The third-order valence-corrected chi connectivity index (χ3v) is 3.39. The Morgan fingerprint density at radius 1 is 1.12 bits per heavy atom. The van der Waals surface area contributed by atoms with Crippen LogP contribution in [0.5, 0.6) is 0 Å². The average molecular weight is 327 g/mol. The number of aryl methyl sites for hydroxylation is 2. The van der Waals surface area contributed by atoms with Crippen molar-refractivity contribution in [2.45, 2.75) is 13.8 Å². The van der Waals surface area contributed by atoms with E-state index in [9.17, 15) is 14.0 Å². The maximum absolute atomic E-state index is 13.4. The molecule has 4 nitrogen and oxygen atoms in total. The lowest BCUT2D eigenvalue weighted by atomic mass is 10.1. The fourth-order valence-corrected chi connectivity index (χ4v) is 1.98. The van der Waals surface area contributed by atoms with E-state index in [0.717, 1.165) is 11.1 Å². The zero-order valence-corrected chi connectivity index (χ0v) is 13.5. The van der Waals surface area contributed by atoms with Gasteiger partial charge in [0.25, 0.3) is 5.91 Å². The normalized spacial score (nSPS) is 10.6. The predicted molar refractivity (Wildman–Crippen MR) is 90.9 cm³/mol. The average Bonchev–Trinajstić information content (AvgIpc) is 2.55. The predicted octanol–water partition coefficient (Wildman–Crippen LogP) is 3.64. The molecule has 0 saturated heterocycles. The fourth-order valence-electron chi connectivity index (χ4n) is 1.98. The number of hydrogen-bond acceptors (Lipinski definition) is 3. The Morgan fingerprint density at radius 3 is 2.58 bits per heavy atom. The molecule has 0 aliphatic heterocycles. The van der Waals surface area contributed by atoms with E-state index in [1.165, 1.54) is 12.1 Å². The highest BCUT2D eigenvalue weighted by atomic mass is 19.1. The summed E-state index contributed by atoms with van der Waals surface area (Å²) in [6.45, 7) is 3.12. The summed E-state index contributed by atoms with van der Waals surface area (Å²) in [5.41, 5.74) is 2.73. The molecule has 0 aliphatic rings. The molecule has 0 atom stereocenters. The molecule has 1 amide bonds. The molecule has 0 saturated carbocycles. The summed E-state index contributed by atoms with van der Waals surface area (Å²) < 4.78 is 18.3. The van der Waals surface area contributed by atoms with Gasteiger partial charge in [-0.1, -0.05) is 30.3 Å². The first-order valence-corrected chi connectivity index (χ1v) is 7.42. The van der Waals surface area contributed by atoms with Gasteiger partial charge in [-0.25, -0.2) is 9.18 Å². The van der Waals surface area contributed by atoms with Gasteiger partial charge < -0.3 is 10.1 Å². The SMILES string of the molecule is Cc1ccc(NC(=O)COC(=O)/C=C/c2ccccc2C)cc1F. The number of esters is 1. The summed E-state index contributed by atoms with van der Waals surface area (Å²) in [5.74, 6) is -1.56. The largest absolute Gasteiger partial charge is 0.452 e. The number of ether oxygens (including phenoxy) is 1. The maximum atomic E-state index is 13.4. The number of halogens is 1. The maximum Gasteiger partial charge on any atom is 0.331 e. The second kappa shape index (κ2) is 8.06. The molecule has 0 spiro atoms. The minimum Gasteiger partial charge on any atom is -0.452 e. The van der Waals surface area contributed by atoms with Crippen LogP contribution in [0.1, 0.15) is 16.7 Å². The molecule has 0 radical (unpaired) electrons. The van der Waals surface area contributed by atoms with Crippen molar-refractivity contribution in [3.8, 4) is 0 Å². The highest BCUT2D eigenvalue weighted by molar-refractivity contribution is 5.94. The van der Waals surface area contributed by atoms with E-state index >= 15 is 0 Å². The second-order valence-corrected chi connectivity index (χ2v) is 5.31. The van der Waals surface area contributed by atoms with Gasteiger partial charge in [-0.15, -0.1) is 0 Å². The van der Waals surface area contributed by atoms with Crippen LogP contribution in [0.25, 0.3) is 6.08 Å². The number of carbonyl (C=O) groups excluding carboxylic acids is 2. The molecule has 1 N–H and O–H groups in total. The van der Waals surface area contributed by atoms with Crippen LogP contribution in [0, 0.1) is 19.7 Å². The van der Waals surface area contributed by atoms with Gasteiger partial charge in [0, 0.05) is 11.8 Å². The van der Waals surface area contributed by atoms with Crippen molar-refractivity contribution < 1.29 is 18.7 Å². The molecule has 2 rings (SSSR count). The van der Waals surface area contributed by atoms with Crippen molar-refractivity contribution in [2.24, 2.45) is 0 Å². The van der Waals surface area contributed by atoms with Gasteiger partial charge >= 0.3 is 5.97 Å². The standard InChI is InChI=1S/C19H18FNO3/c1-13-5-3-4-6-15(13)8-10-19(23)24-12-18(22)21-16-9-7-14(2)17(20)11-16/h3-11H,12H2,1-2H3,(H,21,22)/b10-8+. The molecule has 0 heterocycles. The summed E-state index contributed by atoms with van der Waals surface area (Å²) in [6.07, 6.45) is 2.89. The second-order valence-electron chi connectivity index (χ2n) is 5.31. The van der Waals surface area contributed by atoms with Crippen LogP contribution in [0.4, 0.5) is 10.1 Å². The molecule has 124 valence electrons. The van der Waals surface area contributed by atoms with Crippen LogP contribution in [0.15, 0.2) is 48.5 Å². The summed E-state index contributed by atoms with van der Waals surface area (Å²) in [7, 11) is 0. The molecule has 24 heavy (non-hydrogen) atoms. The van der Waals surface area contributed by atoms with Crippen LogP contribution in [-0.4, -0.2) is 18.5 Å². The Balaban J connectivity index is 1.84. The molecule has 0 aliphatic carbocycles. The van der Waals surface area contributed by atoms with Gasteiger partial charge in [-0.05, 0) is 48.7 Å². The molecule has 5 heteroatoms. The molecular formula is C19H18FNO3. The van der Waals surface area contributed by atoms with Crippen molar-refractivity contribution >= 4 is 23.6 Å². The highest BCUT2D eigenvalue weighted by Crippen LogP contribution is 2.13. The van der Waals surface area contributed by atoms with Crippen molar-refractivity contribution in [3.05, 3.63) is 71.0 Å². The van der Waals surface area contributed by atoms with Gasteiger partial charge in [0.15, 0.2) is 6.61 Å². The van der Waals surface area contributed by atoms with Crippen molar-refractivity contribution in [1.29, 1.82) is 0 Å². The van der Waals surface area contributed by atoms with E-state index < -0.39 is 24.3 Å². The number of benzene rings is 2. The van der Waals surface area contributed by atoms with Gasteiger partial charge in [0.05, 0.1) is 0 Å². The summed E-state index contributed by atoms with van der Waals surface area (Å²) in [4.78, 5) is 23.3. The summed E-state index contributed by atoms with van der Waals surface area (Å²) in [5, 5.41) is 2.47. The highest BCUT2D eigenvalue weighted by Gasteiger charge is 2.07. The number of rotatable bonds is 5. The minimum absolute atomic E-state index is 0.314. The van der Waals surface area contributed by atoms with Crippen LogP contribution >= 0.6 is 0 Å². The van der Waals surface area contributed by atoms with E-state index in [1.54, 1.807) is 25.1 Å². The minimum atomic E-state index is -0.622. The third-order valence-electron chi connectivity index (χ3n) is 3.39. The third kappa shape index (κ3) is 5.05. The lowest BCUT2D eigenvalue weighted by Gasteiger charge is -2.06. The summed E-state index contributed by atoms with van der Waals surface area (Å²) >= 11 is 0. The van der Waals surface area contributed by atoms with E-state index in [2.05, 4.69) is 5.32 Å². The van der Waals surface area contributed by atoms with Crippen LogP contribution in [0.3, 0.4) is 0 Å². The monoisotopic (exact) mass is 327 g/mol. The van der Waals surface area contributed by atoms with Crippen LogP contribution in [0.2, 0.25) is 0 Å². The number of carbonyl (C=O) groups is 2. The zero-order valence-electron chi connectivity index (χ0n) is 13.5. The van der Waals surface area contributed by atoms with E-state index in [-0.39, 0.29) is 0 Å². The Bertz CT molecular complexity index is 784. The Kier molecular flexibility index (Phi) is 5.84. The first-order valence-electron chi connectivity index (χ1n) is 7.42. The topological polar surface area (TPSA) is 55.4 Å². The number of hydrogen-bond donors (Lipinski definition) is 1. The molecule has 0 fully saturated rings. The molecular weight excluding hydrogens is 309 g/mol. The van der Waals surface area contributed by atoms with Gasteiger partial charge in [0.1, 0.15) is 5.82 Å². The van der Waals surface area contributed by atoms with Gasteiger partial charge in [-0.3, -0.25) is 4.79 Å². The van der Waals surface area contributed by atoms with Gasteiger partial charge in [0.2, 0.25) is 0 Å². The van der Waals surface area contributed by atoms with E-state index in [0.29, 0.717) is 11.3 Å². The Morgan fingerprint density at radius 2 is 1.88 bits per heavy atom. The molecule has 0 bridgehead atoms. The molecule has 0 aromatic heterocycles. The van der Waals surface area contributed by atoms with Crippen molar-refractivity contribution in [3.63, 3.8) is 0 Å². The smallest absolute Gasteiger partial charge is 0.331 e. The van der Waals surface area contributed by atoms with Crippen molar-refractivity contribution in [1.82, 2.24) is 0 Å². The van der Waals surface area contributed by atoms with Crippen LogP contribution in [-0.2, 0) is 14.3 Å². The Labute approximate surface area is 140 Å². The molecule has 2 aromatic carbocycles. The van der Waals surface area contributed by atoms with Gasteiger partial charge in [-0.2, -0.15) is 0 Å². The number of nitrogens with one attached hydrogen (secondary N) is 1. The van der Waals surface area contributed by atoms with E-state index in [1.807, 2.05) is 31.2 Å². The number of anilines is 1. The number of amides is 1. The molecule has 2 aromatic rings. The zero-order chi connectivity index (χ0) is 17.5. The fraction of sp³-hybridized carbons (Fsp3) is 0.158. The Hall–Kier alpha value is -2.95. The van der Waals surface area contributed by atoms with Crippen molar-refractivity contribution in [2.75, 3.05) is 11.9 Å². The molecule has 0 unspecified atom stereocenters.